The first kappa shape index (κ1) is 26.1. The molecule has 1 unspecified atom stereocenters. The molecule has 8 heteroatoms. The Labute approximate surface area is 206 Å². The number of hydrogen-bond donors (Lipinski definition) is 3. The van der Waals surface area contributed by atoms with E-state index in [4.69, 9.17) is 4.74 Å². The van der Waals surface area contributed by atoms with Crippen molar-refractivity contribution in [1.82, 2.24) is 16.0 Å². The minimum absolute atomic E-state index is 0. The van der Waals surface area contributed by atoms with Crippen LogP contribution in [-0.2, 0) is 17.8 Å². The molecule has 1 aliphatic heterocycles. The Balaban J connectivity index is 0.00000363. The number of rotatable bonds is 8. The summed E-state index contributed by atoms with van der Waals surface area (Å²) >= 11 is 0. The lowest BCUT2D eigenvalue weighted by molar-refractivity contribution is 0.0857. The predicted molar refractivity (Wildman–Crippen MR) is 136 cm³/mol. The third-order valence-electron chi connectivity index (χ3n) is 5.15. The minimum Gasteiger partial charge on any atom is -0.376 e. The van der Waals surface area contributed by atoms with Crippen molar-refractivity contribution in [2.24, 2.45) is 4.99 Å². The molecule has 0 aliphatic carbocycles. The van der Waals surface area contributed by atoms with Gasteiger partial charge in [-0.15, -0.1) is 24.0 Å². The van der Waals surface area contributed by atoms with Crippen molar-refractivity contribution in [1.29, 1.82) is 0 Å². The van der Waals surface area contributed by atoms with Crippen LogP contribution in [-0.4, -0.2) is 37.7 Å². The number of hydrogen-bond acceptors (Lipinski definition) is 3. The highest BCUT2D eigenvalue weighted by atomic mass is 127. The molecule has 1 atom stereocenters. The van der Waals surface area contributed by atoms with Gasteiger partial charge in [0.15, 0.2) is 5.96 Å². The lowest BCUT2D eigenvalue weighted by Crippen LogP contribution is -2.36. The average molecular weight is 554 g/mol. The molecule has 1 aliphatic rings. The van der Waals surface area contributed by atoms with Gasteiger partial charge in [0.25, 0.3) is 5.91 Å². The number of carbonyl (C=O) groups excluding carboxylic acids is 1. The molecule has 3 rings (SSSR count). The second kappa shape index (κ2) is 13.4. The van der Waals surface area contributed by atoms with Gasteiger partial charge in [-0.25, -0.2) is 9.38 Å². The molecule has 0 saturated carbocycles. The third-order valence-corrected chi connectivity index (χ3v) is 5.15. The summed E-state index contributed by atoms with van der Waals surface area (Å²) in [6, 6.07) is 12.5. The fourth-order valence-corrected chi connectivity index (χ4v) is 3.44. The summed E-state index contributed by atoms with van der Waals surface area (Å²) in [4.78, 5) is 17.1. The Morgan fingerprint density at radius 2 is 2.00 bits per heavy atom. The molecule has 0 radical (unpaired) electrons. The van der Waals surface area contributed by atoms with Gasteiger partial charge in [-0.05, 0) is 61.6 Å². The Morgan fingerprint density at radius 1 is 1.16 bits per heavy atom. The fourth-order valence-electron chi connectivity index (χ4n) is 3.44. The number of nitrogens with zero attached hydrogens (tertiary/aromatic N) is 1. The van der Waals surface area contributed by atoms with Crippen LogP contribution in [0, 0.1) is 12.7 Å². The lowest BCUT2D eigenvalue weighted by Gasteiger charge is -2.13. The zero-order valence-corrected chi connectivity index (χ0v) is 20.9. The van der Waals surface area contributed by atoms with Gasteiger partial charge in [-0.3, -0.25) is 4.79 Å². The molecule has 0 aromatic heterocycles. The number of aliphatic imine (C=N–C) groups is 1. The van der Waals surface area contributed by atoms with Gasteiger partial charge in [0.2, 0.25) is 0 Å². The van der Waals surface area contributed by atoms with E-state index in [1.54, 1.807) is 19.1 Å². The molecule has 0 bridgehead atoms. The van der Waals surface area contributed by atoms with Gasteiger partial charge >= 0.3 is 0 Å². The van der Waals surface area contributed by atoms with E-state index in [1.165, 1.54) is 6.07 Å². The standard InChI is InChI=1S/C24H31FN4O2.HI/c1-3-26-24(29-15-19-9-10-22(25)17(2)12-19)28-14-18-6-4-7-20(13-18)23(30)27-16-21-8-5-11-31-21;/h4,6-7,9-10,12-13,21H,3,5,8,11,14-16H2,1-2H3,(H,27,30)(H2,26,28,29);1H. The van der Waals surface area contributed by atoms with Crippen molar-refractivity contribution in [3.05, 3.63) is 70.5 Å². The van der Waals surface area contributed by atoms with Crippen LogP contribution >= 0.6 is 24.0 Å². The van der Waals surface area contributed by atoms with Crippen LogP contribution in [0.1, 0.15) is 46.8 Å². The van der Waals surface area contributed by atoms with Crippen molar-refractivity contribution in [2.75, 3.05) is 19.7 Å². The van der Waals surface area contributed by atoms with Gasteiger partial charge in [0, 0.05) is 31.8 Å². The Bertz CT molecular complexity index is 917. The van der Waals surface area contributed by atoms with Crippen LogP contribution in [0.2, 0.25) is 0 Å². The highest BCUT2D eigenvalue weighted by molar-refractivity contribution is 14.0. The summed E-state index contributed by atoms with van der Waals surface area (Å²) in [5, 5.41) is 9.42. The van der Waals surface area contributed by atoms with Gasteiger partial charge in [-0.1, -0.05) is 24.3 Å². The molecule has 3 N–H and O–H groups in total. The number of nitrogens with one attached hydrogen (secondary N) is 3. The molecule has 32 heavy (non-hydrogen) atoms. The monoisotopic (exact) mass is 554 g/mol. The van der Waals surface area contributed by atoms with Gasteiger partial charge in [-0.2, -0.15) is 0 Å². The maximum absolute atomic E-state index is 13.5. The number of benzene rings is 2. The summed E-state index contributed by atoms with van der Waals surface area (Å²) in [7, 11) is 0. The Morgan fingerprint density at radius 3 is 2.72 bits per heavy atom. The van der Waals surface area contributed by atoms with E-state index >= 15 is 0 Å². The van der Waals surface area contributed by atoms with E-state index in [0.717, 1.165) is 37.1 Å². The number of amides is 1. The van der Waals surface area contributed by atoms with Crippen LogP contribution in [0.25, 0.3) is 0 Å². The van der Waals surface area contributed by atoms with Crippen LogP contribution in [0.3, 0.4) is 0 Å². The molecule has 1 amide bonds. The second-order valence-electron chi connectivity index (χ2n) is 7.68. The molecule has 2 aromatic rings. The maximum Gasteiger partial charge on any atom is 0.251 e. The summed E-state index contributed by atoms with van der Waals surface area (Å²) in [5.41, 5.74) is 3.16. The summed E-state index contributed by atoms with van der Waals surface area (Å²) < 4.78 is 19.0. The first-order chi connectivity index (χ1) is 15.0. The minimum atomic E-state index is -0.205. The van der Waals surface area contributed by atoms with Crippen LogP contribution < -0.4 is 16.0 Å². The van der Waals surface area contributed by atoms with E-state index in [0.29, 0.717) is 36.7 Å². The van der Waals surface area contributed by atoms with Gasteiger partial charge in [0.05, 0.1) is 12.6 Å². The smallest absolute Gasteiger partial charge is 0.251 e. The molecule has 0 spiro atoms. The highest BCUT2D eigenvalue weighted by Gasteiger charge is 2.16. The Hall–Kier alpha value is -2.20. The molecular weight excluding hydrogens is 522 g/mol. The molecular formula is C24H32FIN4O2. The van der Waals surface area contributed by atoms with Gasteiger partial charge in [0.1, 0.15) is 5.82 Å². The molecule has 1 heterocycles. The topological polar surface area (TPSA) is 74.8 Å². The zero-order valence-electron chi connectivity index (χ0n) is 18.6. The van der Waals surface area contributed by atoms with Gasteiger partial charge < -0.3 is 20.7 Å². The molecule has 1 fully saturated rings. The van der Waals surface area contributed by atoms with Crippen molar-refractivity contribution in [3.63, 3.8) is 0 Å². The van der Waals surface area contributed by atoms with Crippen molar-refractivity contribution >= 4 is 35.8 Å². The average Bonchev–Trinajstić information content (AvgIpc) is 3.30. The maximum atomic E-state index is 13.5. The largest absolute Gasteiger partial charge is 0.376 e. The summed E-state index contributed by atoms with van der Waals surface area (Å²) in [6.45, 7) is 6.76. The van der Waals surface area contributed by atoms with E-state index in [9.17, 15) is 9.18 Å². The first-order valence-corrected chi connectivity index (χ1v) is 10.8. The van der Waals surface area contributed by atoms with Crippen LogP contribution in [0.15, 0.2) is 47.5 Å². The quantitative estimate of drug-likeness (QED) is 0.263. The summed E-state index contributed by atoms with van der Waals surface area (Å²) in [5.74, 6) is 0.361. The second-order valence-corrected chi connectivity index (χ2v) is 7.68. The van der Waals surface area contributed by atoms with E-state index in [1.807, 2.05) is 31.2 Å². The first-order valence-electron chi connectivity index (χ1n) is 10.8. The molecule has 1 saturated heterocycles. The number of halogens is 2. The fraction of sp³-hybridized carbons (Fsp3) is 0.417. The SMILES string of the molecule is CCNC(=NCc1cccc(C(=O)NCC2CCCO2)c1)NCc1ccc(F)c(C)c1.I. The molecule has 174 valence electrons. The van der Waals surface area contributed by atoms with Crippen molar-refractivity contribution < 1.29 is 13.9 Å². The van der Waals surface area contributed by atoms with E-state index in [2.05, 4.69) is 20.9 Å². The Kier molecular flexibility index (Phi) is 10.9. The lowest BCUT2D eigenvalue weighted by atomic mass is 10.1. The highest BCUT2D eigenvalue weighted by Crippen LogP contribution is 2.12. The van der Waals surface area contributed by atoms with E-state index < -0.39 is 0 Å². The molecule has 6 nitrogen and oxygen atoms in total. The normalized spacial score (nSPS) is 15.7. The predicted octanol–water partition coefficient (Wildman–Crippen LogP) is 3.92. The number of guanidine groups is 1. The number of carbonyl (C=O) groups is 1. The zero-order chi connectivity index (χ0) is 22.1. The van der Waals surface area contributed by atoms with Crippen LogP contribution in [0.5, 0.6) is 0 Å². The number of ether oxygens (including phenoxy) is 1. The number of aryl methyl sites for hydroxylation is 1. The van der Waals surface area contributed by atoms with Crippen LogP contribution in [0.4, 0.5) is 4.39 Å². The van der Waals surface area contributed by atoms with E-state index in [-0.39, 0.29) is 41.8 Å². The van der Waals surface area contributed by atoms with Crippen molar-refractivity contribution in [3.8, 4) is 0 Å². The third kappa shape index (κ3) is 8.05. The van der Waals surface area contributed by atoms with Crippen molar-refractivity contribution in [2.45, 2.75) is 45.9 Å². The summed E-state index contributed by atoms with van der Waals surface area (Å²) in [6.07, 6.45) is 2.17. The molecule has 2 aromatic carbocycles.